The number of nitrogens with zero attached hydrogens (tertiary/aromatic N) is 3. The Bertz CT molecular complexity index is 642. The van der Waals surface area contributed by atoms with Crippen LogP contribution in [0.15, 0.2) is 24.7 Å². The van der Waals surface area contributed by atoms with Gasteiger partial charge in [0.2, 0.25) is 0 Å². The molecule has 0 aliphatic rings. The zero-order valence-electron chi connectivity index (χ0n) is 10.7. The molecule has 0 saturated heterocycles. The van der Waals surface area contributed by atoms with Gasteiger partial charge in [-0.2, -0.15) is 13.2 Å². The summed E-state index contributed by atoms with van der Waals surface area (Å²) < 4.78 is 37.9. The van der Waals surface area contributed by atoms with E-state index in [1.54, 1.807) is 6.92 Å². The van der Waals surface area contributed by atoms with Crippen LogP contribution in [-0.4, -0.2) is 19.9 Å². The van der Waals surface area contributed by atoms with Crippen molar-refractivity contribution in [1.82, 2.24) is 15.0 Å². The van der Waals surface area contributed by atoms with Crippen LogP contribution >= 0.6 is 0 Å². The highest BCUT2D eigenvalue weighted by Crippen LogP contribution is 2.34. The second kappa shape index (κ2) is 5.38. The monoisotopic (exact) mass is 301 g/mol. The van der Waals surface area contributed by atoms with E-state index in [1.807, 2.05) is 0 Å². The molecule has 10 heteroatoms. The van der Waals surface area contributed by atoms with Crippen molar-refractivity contribution in [3.05, 3.63) is 46.3 Å². The van der Waals surface area contributed by atoms with Crippen LogP contribution in [0.4, 0.5) is 24.5 Å². The number of aromatic nitrogens is 3. The van der Waals surface area contributed by atoms with Crippen molar-refractivity contribution in [3.8, 4) is 0 Å². The van der Waals surface area contributed by atoms with E-state index in [-0.39, 0.29) is 5.69 Å². The average Bonchev–Trinajstić information content (AvgIpc) is 2.91. The van der Waals surface area contributed by atoms with Gasteiger partial charge in [0.25, 0.3) is 0 Å². The number of rotatable bonds is 4. The first kappa shape index (κ1) is 14.8. The van der Waals surface area contributed by atoms with Gasteiger partial charge in [0.05, 0.1) is 11.0 Å². The summed E-state index contributed by atoms with van der Waals surface area (Å²) >= 11 is 0. The van der Waals surface area contributed by atoms with Crippen molar-refractivity contribution in [1.29, 1.82) is 0 Å². The fourth-order valence-electron chi connectivity index (χ4n) is 1.68. The number of nitrogens with one attached hydrogen (secondary N) is 2. The maximum Gasteiger partial charge on any atom is 0.433 e. The Labute approximate surface area is 116 Å². The molecule has 0 spiro atoms. The lowest BCUT2D eigenvalue weighted by Crippen LogP contribution is -2.13. The molecule has 7 nitrogen and oxygen atoms in total. The third-order valence-electron chi connectivity index (χ3n) is 2.67. The van der Waals surface area contributed by atoms with E-state index < -0.39 is 28.5 Å². The molecule has 0 aromatic carbocycles. The van der Waals surface area contributed by atoms with Gasteiger partial charge in [0.1, 0.15) is 23.4 Å². The Kier molecular flexibility index (Phi) is 3.78. The van der Waals surface area contributed by atoms with Crippen molar-refractivity contribution in [3.63, 3.8) is 0 Å². The molecule has 0 fully saturated rings. The number of anilines is 1. The fourth-order valence-corrected chi connectivity index (χ4v) is 1.68. The van der Waals surface area contributed by atoms with Gasteiger partial charge < -0.3 is 10.3 Å². The van der Waals surface area contributed by atoms with E-state index in [0.29, 0.717) is 18.1 Å². The van der Waals surface area contributed by atoms with Gasteiger partial charge in [-0.05, 0) is 13.0 Å². The number of halogens is 3. The minimum absolute atomic E-state index is 0.272. The number of H-pyrrole nitrogens is 1. The molecule has 21 heavy (non-hydrogen) atoms. The van der Waals surface area contributed by atoms with Crippen LogP contribution < -0.4 is 5.32 Å². The Hall–Kier alpha value is -2.65. The summed E-state index contributed by atoms with van der Waals surface area (Å²) in [6.07, 6.45) is -1.09. The first-order chi connectivity index (χ1) is 9.79. The molecule has 112 valence electrons. The molecule has 2 aromatic rings. The minimum Gasteiger partial charge on any atom is -0.370 e. The molecule has 2 N–H and O–H groups in total. The molecular weight excluding hydrogens is 291 g/mol. The third-order valence-corrected chi connectivity index (χ3v) is 2.67. The molecular formula is C11H10F3N5O2. The predicted molar refractivity (Wildman–Crippen MR) is 66.5 cm³/mol. The Morgan fingerprint density at radius 2 is 2.14 bits per heavy atom. The zero-order chi connectivity index (χ0) is 15.6. The number of hydrogen-bond acceptors (Lipinski definition) is 5. The van der Waals surface area contributed by atoms with E-state index in [1.165, 1.54) is 12.4 Å². The highest BCUT2D eigenvalue weighted by Gasteiger charge is 2.34. The van der Waals surface area contributed by atoms with E-state index in [9.17, 15) is 23.3 Å². The van der Waals surface area contributed by atoms with Crippen LogP contribution in [0.1, 0.15) is 24.5 Å². The molecule has 0 radical (unpaired) electrons. The second-order valence-electron chi connectivity index (χ2n) is 4.18. The van der Waals surface area contributed by atoms with Gasteiger partial charge in [0.15, 0.2) is 0 Å². The maximum absolute atomic E-state index is 12.6. The van der Waals surface area contributed by atoms with E-state index in [2.05, 4.69) is 20.3 Å². The molecule has 2 heterocycles. The molecule has 1 unspecified atom stereocenters. The summed E-state index contributed by atoms with van der Waals surface area (Å²) in [5, 5.41) is 13.5. The molecule has 0 saturated carbocycles. The van der Waals surface area contributed by atoms with Gasteiger partial charge in [-0.3, -0.25) is 10.1 Å². The van der Waals surface area contributed by atoms with Crippen molar-refractivity contribution < 1.29 is 18.1 Å². The van der Waals surface area contributed by atoms with E-state index in [4.69, 9.17) is 0 Å². The summed E-state index contributed by atoms with van der Waals surface area (Å²) in [4.78, 5) is 19.8. The summed E-state index contributed by atoms with van der Waals surface area (Å²) in [5.74, 6) is 0.440. The molecule has 0 aliphatic carbocycles. The van der Waals surface area contributed by atoms with E-state index in [0.717, 1.165) is 0 Å². The number of alkyl halides is 3. The SMILES string of the molecule is CC(Nc1cc(C(F)(F)F)ncc1[N+](=O)[O-])c1ncc[nH]1. The molecule has 0 bridgehead atoms. The smallest absolute Gasteiger partial charge is 0.370 e. The summed E-state index contributed by atoms with van der Waals surface area (Å²) in [6, 6.07) is 0.0691. The van der Waals surface area contributed by atoms with Crippen LogP contribution in [0, 0.1) is 10.1 Å². The lowest BCUT2D eigenvalue weighted by atomic mass is 10.2. The maximum atomic E-state index is 12.6. The Balaban J connectivity index is 2.37. The van der Waals surface area contributed by atoms with Crippen LogP contribution in [0.3, 0.4) is 0 Å². The second-order valence-corrected chi connectivity index (χ2v) is 4.18. The van der Waals surface area contributed by atoms with E-state index >= 15 is 0 Å². The molecule has 2 rings (SSSR count). The number of nitro groups is 1. The molecule has 2 aromatic heterocycles. The van der Waals surface area contributed by atoms with Gasteiger partial charge in [-0.25, -0.2) is 9.97 Å². The van der Waals surface area contributed by atoms with Gasteiger partial charge >= 0.3 is 11.9 Å². The predicted octanol–water partition coefficient (Wildman–Crippen LogP) is 2.90. The Morgan fingerprint density at radius 3 is 2.67 bits per heavy atom. The summed E-state index contributed by atoms with van der Waals surface area (Å²) in [5.41, 5.74) is -2.02. The summed E-state index contributed by atoms with van der Waals surface area (Å²) in [7, 11) is 0. The number of hydrogen-bond donors (Lipinski definition) is 2. The zero-order valence-corrected chi connectivity index (χ0v) is 10.7. The number of pyridine rings is 1. The highest BCUT2D eigenvalue weighted by molar-refractivity contribution is 5.61. The Morgan fingerprint density at radius 1 is 1.43 bits per heavy atom. The molecule has 0 amide bonds. The van der Waals surface area contributed by atoms with Gasteiger partial charge in [-0.15, -0.1) is 0 Å². The van der Waals surface area contributed by atoms with Crippen LogP contribution in [0.2, 0.25) is 0 Å². The van der Waals surface area contributed by atoms with Gasteiger partial charge in [-0.1, -0.05) is 0 Å². The van der Waals surface area contributed by atoms with Crippen molar-refractivity contribution in [2.75, 3.05) is 5.32 Å². The van der Waals surface area contributed by atoms with Crippen LogP contribution in [0.25, 0.3) is 0 Å². The quantitative estimate of drug-likeness (QED) is 0.668. The molecule has 1 atom stereocenters. The highest BCUT2D eigenvalue weighted by atomic mass is 19.4. The van der Waals surface area contributed by atoms with Crippen LogP contribution in [-0.2, 0) is 6.18 Å². The summed E-state index contributed by atoms with van der Waals surface area (Å²) in [6.45, 7) is 1.61. The van der Waals surface area contributed by atoms with Crippen LogP contribution in [0.5, 0.6) is 0 Å². The largest absolute Gasteiger partial charge is 0.433 e. The molecule has 0 aliphatic heterocycles. The van der Waals surface area contributed by atoms with Crippen molar-refractivity contribution in [2.24, 2.45) is 0 Å². The lowest BCUT2D eigenvalue weighted by Gasteiger charge is -2.14. The van der Waals surface area contributed by atoms with Crippen molar-refractivity contribution in [2.45, 2.75) is 19.1 Å². The first-order valence-electron chi connectivity index (χ1n) is 5.76. The number of imidazole rings is 1. The number of aromatic amines is 1. The topological polar surface area (TPSA) is 96.7 Å². The first-order valence-corrected chi connectivity index (χ1v) is 5.76. The third kappa shape index (κ3) is 3.27. The van der Waals surface area contributed by atoms with Crippen molar-refractivity contribution >= 4 is 11.4 Å². The lowest BCUT2D eigenvalue weighted by molar-refractivity contribution is -0.384. The average molecular weight is 301 g/mol. The standard InChI is InChI=1S/C11H10F3N5O2/c1-6(10-15-2-3-16-10)18-7-4-9(11(12,13)14)17-5-8(7)19(20)21/h2-6H,1H3,(H,15,16)(H,17,18). The normalized spacial score (nSPS) is 13.0. The fraction of sp³-hybridized carbons (Fsp3) is 0.273. The minimum atomic E-state index is -4.68. The van der Waals surface area contributed by atoms with Gasteiger partial charge in [0, 0.05) is 12.4 Å².